The van der Waals surface area contributed by atoms with Crippen LogP contribution in [-0.2, 0) is 12.0 Å². The molecular formula is C19H23N3O4. The SMILES string of the molecule is Cc1oc(C(=O)N2C[C@@H]3CCC[C@]3(c3nnc(C4CC4)o3)C2)cc1CO. The Balaban J connectivity index is 1.41. The van der Waals surface area contributed by atoms with Crippen LogP contribution < -0.4 is 0 Å². The zero-order chi connectivity index (χ0) is 17.9. The number of likely N-dealkylation sites (tertiary alicyclic amines) is 1. The summed E-state index contributed by atoms with van der Waals surface area (Å²) in [6.45, 7) is 2.92. The van der Waals surface area contributed by atoms with E-state index < -0.39 is 0 Å². The van der Waals surface area contributed by atoms with Gasteiger partial charge in [0.1, 0.15) is 5.76 Å². The highest BCUT2D eigenvalue weighted by Gasteiger charge is 2.55. The predicted octanol–water partition coefficient (Wildman–Crippen LogP) is 2.53. The maximum Gasteiger partial charge on any atom is 0.289 e. The zero-order valence-electron chi connectivity index (χ0n) is 14.9. The first-order valence-electron chi connectivity index (χ1n) is 9.44. The summed E-state index contributed by atoms with van der Waals surface area (Å²) in [6.07, 6.45) is 5.45. The van der Waals surface area contributed by atoms with Crippen LogP contribution in [0.25, 0.3) is 0 Å². The van der Waals surface area contributed by atoms with Gasteiger partial charge in [-0.2, -0.15) is 0 Å². The van der Waals surface area contributed by atoms with E-state index in [0.717, 1.165) is 38.0 Å². The van der Waals surface area contributed by atoms with Crippen molar-refractivity contribution in [2.75, 3.05) is 13.1 Å². The molecule has 1 amide bonds. The van der Waals surface area contributed by atoms with Gasteiger partial charge < -0.3 is 18.8 Å². The minimum Gasteiger partial charge on any atom is -0.456 e. The molecule has 1 aliphatic heterocycles. The third kappa shape index (κ3) is 2.33. The molecule has 0 radical (unpaired) electrons. The average molecular weight is 357 g/mol. The highest BCUT2D eigenvalue weighted by atomic mass is 16.4. The van der Waals surface area contributed by atoms with Crippen molar-refractivity contribution in [3.63, 3.8) is 0 Å². The molecule has 2 aliphatic carbocycles. The minimum atomic E-state index is -0.211. The highest BCUT2D eigenvalue weighted by Crippen LogP contribution is 2.51. The molecule has 1 saturated heterocycles. The summed E-state index contributed by atoms with van der Waals surface area (Å²) < 4.78 is 11.6. The van der Waals surface area contributed by atoms with Gasteiger partial charge in [-0.1, -0.05) is 6.42 Å². The Morgan fingerprint density at radius 1 is 1.35 bits per heavy atom. The van der Waals surface area contributed by atoms with Gasteiger partial charge in [-0.25, -0.2) is 0 Å². The van der Waals surface area contributed by atoms with E-state index in [1.54, 1.807) is 13.0 Å². The number of aromatic nitrogens is 2. The van der Waals surface area contributed by atoms with Gasteiger partial charge in [0.2, 0.25) is 11.8 Å². The van der Waals surface area contributed by atoms with Gasteiger partial charge >= 0.3 is 0 Å². The van der Waals surface area contributed by atoms with Crippen LogP contribution in [0.4, 0.5) is 0 Å². The first-order valence-corrected chi connectivity index (χ1v) is 9.44. The van der Waals surface area contributed by atoms with Gasteiger partial charge in [0.05, 0.1) is 12.0 Å². The second-order valence-electron chi connectivity index (χ2n) is 8.00. The molecule has 2 atom stereocenters. The van der Waals surface area contributed by atoms with Crippen molar-refractivity contribution in [1.82, 2.24) is 15.1 Å². The van der Waals surface area contributed by atoms with E-state index in [4.69, 9.17) is 8.83 Å². The van der Waals surface area contributed by atoms with Gasteiger partial charge in [0, 0.05) is 24.6 Å². The summed E-state index contributed by atoms with van der Waals surface area (Å²) in [4.78, 5) is 14.8. The summed E-state index contributed by atoms with van der Waals surface area (Å²) in [6, 6.07) is 1.65. The van der Waals surface area contributed by atoms with Gasteiger partial charge in [-0.15, -0.1) is 10.2 Å². The largest absolute Gasteiger partial charge is 0.456 e. The van der Waals surface area contributed by atoms with Crippen molar-refractivity contribution < 1.29 is 18.7 Å². The monoisotopic (exact) mass is 357 g/mol. The van der Waals surface area contributed by atoms with Gasteiger partial charge in [-0.3, -0.25) is 4.79 Å². The first-order chi connectivity index (χ1) is 12.6. The van der Waals surface area contributed by atoms with E-state index >= 15 is 0 Å². The van der Waals surface area contributed by atoms with Crippen molar-refractivity contribution in [1.29, 1.82) is 0 Å². The third-order valence-electron chi connectivity index (χ3n) is 6.35. The number of amides is 1. The van der Waals surface area contributed by atoms with Crippen LogP contribution in [0.1, 0.15) is 71.7 Å². The Kier molecular flexibility index (Phi) is 3.50. The molecule has 7 heteroatoms. The molecule has 3 aliphatic rings. The normalized spacial score (nSPS) is 27.9. The summed E-state index contributed by atoms with van der Waals surface area (Å²) in [5, 5.41) is 18.0. The maximum atomic E-state index is 12.9. The number of hydrogen-bond donors (Lipinski definition) is 1. The van der Waals surface area contributed by atoms with Crippen LogP contribution >= 0.6 is 0 Å². The average Bonchev–Trinajstić information content (AvgIpc) is 3.01. The van der Waals surface area contributed by atoms with Crippen LogP contribution in [0.5, 0.6) is 0 Å². The smallest absolute Gasteiger partial charge is 0.289 e. The van der Waals surface area contributed by atoms with E-state index in [0.29, 0.717) is 47.9 Å². The number of hydrogen-bond acceptors (Lipinski definition) is 6. The maximum absolute atomic E-state index is 12.9. The number of rotatable bonds is 4. The van der Waals surface area contributed by atoms with E-state index in [-0.39, 0.29) is 17.9 Å². The molecular weight excluding hydrogens is 334 g/mol. The molecule has 0 unspecified atom stereocenters. The molecule has 0 bridgehead atoms. The van der Waals surface area contributed by atoms with E-state index in [2.05, 4.69) is 10.2 Å². The fourth-order valence-corrected chi connectivity index (χ4v) is 4.66. The molecule has 2 aromatic heterocycles. The van der Waals surface area contributed by atoms with E-state index in [1.807, 2.05) is 4.90 Å². The fourth-order valence-electron chi connectivity index (χ4n) is 4.66. The molecule has 3 fully saturated rings. The van der Waals surface area contributed by atoms with Crippen molar-refractivity contribution in [3.05, 3.63) is 34.9 Å². The van der Waals surface area contributed by atoms with Crippen molar-refractivity contribution in [3.8, 4) is 0 Å². The number of aryl methyl sites for hydroxylation is 1. The highest BCUT2D eigenvalue weighted by molar-refractivity contribution is 5.92. The Labute approximate surface area is 151 Å². The molecule has 7 nitrogen and oxygen atoms in total. The lowest BCUT2D eigenvalue weighted by Gasteiger charge is -2.24. The summed E-state index contributed by atoms with van der Waals surface area (Å²) in [7, 11) is 0. The molecule has 1 N–H and O–H groups in total. The Bertz CT molecular complexity index is 853. The minimum absolute atomic E-state index is 0.122. The Hall–Kier alpha value is -2.15. The van der Waals surface area contributed by atoms with Gasteiger partial charge in [0.25, 0.3) is 5.91 Å². The number of fused-ring (bicyclic) bond motifs is 1. The molecule has 138 valence electrons. The van der Waals surface area contributed by atoms with Gasteiger partial charge in [-0.05, 0) is 44.6 Å². The molecule has 3 heterocycles. The van der Waals surface area contributed by atoms with Gasteiger partial charge in [0.15, 0.2) is 5.76 Å². The molecule has 0 aromatic carbocycles. The standard InChI is InChI=1S/C19H23N3O4/c1-11-13(9-23)7-15(25-11)17(24)22-8-14-3-2-6-19(14,10-22)18-21-20-16(26-18)12-4-5-12/h7,12,14,23H,2-6,8-10H2,1H3/t14-,19-/m0/s1. The lowest BCUT2D eigenvalue weighted by molar-refractivity contribution is 0.0742. The Morgan fingerprint density at radius 2 is 2.19 bits per heavy atom. The van der Waals surface area contributed by atoms with Crippen molar-refractivity contribution in [2.45, 2.75) is 57.0 Å². The molecule has 26 heavy (non-hydrogen) atoms. The number of nitrogens with zero attached hydrogens (tertiary/aromatic N) is 3. The van der Waals surface area contributed by atoms with Crippen molar-refractivity contribution >= 4 is 5.91 Å². The number of carbonyl (C=O) groups is 1. The predicted molar refractivity (Wildman–Crippen MR) is 90.6 cm³/mol. The van der Waals surface area contributed by atoms with Crippen molar-refractivity contribution in [2.24, 2.45) is 5.92 Å². The summed E-state index contributed by atoms with van der Waals surface area (Å²) >= 11 is 0. The molecule has 5 rings (SSSR count). The van der Waals surface area contributed by atoms with Crippen LogP contribution in [-0.4, -0.2) is 39.2 Å². The van der Waals surface area contributed by atoms with Crippen LogP contribution in [0, 0.1) is 12.8 Å². The number of carbonyl (C=O) groups excluding carboxylic acids is 1. The van der Waals surface area contributed by atoms with Crippen LogP contribution in [0.3, 0.4) is 0 Å². The van der Waals surface area contributed by atoms with Crippen LogP contribution in [0.15, 0.2) is 14.9 Å². The summed E-state index contributed by atoms with van der Waals surface area (Å²) in [5.74, 6) is 3.04. The van der Waals surface area contributed by atoms with Crippen LogP contribution in [0.2, 0.25) is 0 Å². The number of furan rings is 1. The lowest BCUT2D eigenvalue weighted by atomic mass is 9.80. The number of aliphatic hydroxyl groups is 1. The Morgan fingerprint density at radius 3 is 2.92 bits per heavy atom. The van der Waals surface area contributed by atoms with E-state index in [1.165, 1.54) is 0 Å². The number of aliphatic hydroxyl groups excluding tert-OH is 1. The zero-order valence-corrected chi connectivity index (χ0v) is 14.9. The van der Waals surface area contributed by atoms with E-state index in [9.17, 15) is 9.90 Å². The topological polar surface area (TPSA) is 92.6 Å². The second-order valence-corrected chi connectivity index (χ2v) is 8.00. The third-order valence-corrected chi connectivity index (χ3v) is 6.35. The molecule has 2 aromatic rings. The first kappa shape index (κ1) is 16.1. The second kappa shape index (κ2) is 5.67. The quantitative estimate of drug-likeness (QED) is 0.904. The molecule has 2 saturated carbocycles. The lowest BCUT2D eigenvalue weighted by Crippen LogP contribution is -2.34. The molecule has 0 spiro atoms. The summed E-state index contributed by atoms with van der Waals surface area (Å²) in [5.41, 5.74) is 0.450. The fraction of sp³-hybridized carbons (Fsp3) is 0.632.